The molecule has 0 aliphatic heterocycles. The molecule has 0 fully saturated rings. The Morgan fingerprint density at radius 2 is 1.85 bits per heavy atom. The predicted molar refractivity (Wildman–Crippen MR) is 84.1 cm³/mol. The average Bonchev–Trinajstić information content (AvgIpc) is 2.81. The van der Waals surface area contributed by atoms with Crippen molar-refractivity contribution in [1.82, 2.24) is 5.32 Å². The Balaban J connectivity index is 2.35. The number of thiophene rings is 1. The minimum atomic E-state index is -3.14. The van der Waals surface area contributed by atoms with Gasteiger partial charge in [0.2, 0.25) is 0 Å². The maximum Gasteiger partial charge on any atom is 0.175 e. The molecule has 2 rings (SSSR count). The summed E-state index contributed by atoms with van der Waals surface area (Å²) in [4.78, 5) is 1.63. The van der Waals surface area contributed by atoms with Crippen LogP contribution in [0.25, 0.3) is 0 Å². The third-order valence-corrected chi connectivity index (χ3v) is 5.14. The van der Waals surface area contributed by atoms with E-state index in [4.69, 9.17) is 0 Å². The molecule has 1 N–H and O–H groups in total. The predicted octanol–water partition coefficient (Wildman–Crippen LogP) is 3.16. The topological polar surface area (TPSA) is 46.2 Å². The SMILES string of the molecule is CCNC(c1ccc(S(C)(=O)=O)cc1)c1csc(C)c1. The Kier molecular flexibility index (Phi) is 4.62. The molecule has 1 atom stereocenters. The van der Waals surface area contributed by atoms with Crippen LogP contribution in [0, 0.1) is 6.92 Å². The first-order chi connectivity index (χ1) is 9.41. The molecule has 0 spiro atoms. The van der Waals surface area contributed by atoms with E-state index < -0.39 is 9.84 Å². The van der Waals surface area contributed by atoms with Crippen LogP contribution in [-0.2, 0) is 9.84 Å². The van der Waals surface area contributed by atoms with Gasteiger partial charge in [-0.1, -0.05) is 19.1 Å². The van der Waals surface area contributed by atoms with Crippen LogP contribution >= 0.6 is 11.3 Å². The number of sulfone groups is 1. The highest BCUT2D eigenvalue weighted by Gasteiger charge is 2.15. The molecule has 0 aliphatic carbocycles. The molecule has 0 radical (unpaired) electrons. The molecule has 0 saturated carbocycles. The molecule has 1 aromatic heterocycles. The van der Waals surface area contributed by atoms with Crippen molar-refractivity contribution in [3.63, 3.8) is 0 Å². The fraction of sp³-hybridized carbons (Fsp3) is 0.333. The average molecular weight is 309 g/mol. The van der Waals surface area contributed by atoms with Crippen molar-refractivity contribution in [3.05, 3.63) is 51.7 Å². The third kappa shape index (κ3) is 3.48. The quantitative estimate of drug-likeness (QED) is 0.923. The molecule has 1 aromatic carbocycles. The normalized spacial score (nSPS) is 13.3. The summed E-state index contributed by atoms with van der Waals surface area (Å²) in [5, 5.41) is 5.59. The second-order valence-electron chi connectivity index (χ2n) is 4.82. The summed E-state index contributed by atoms with van der Waals surface area (Å²) in [6.45, 7) is 5.01. The van der Waals surface area contributed by atoms with E-state index in [9.17, 15) is 8.42 Å². The lowest BCUT2D eigenvalue weighted by atomic mass is 10.0. The van der Waals surface area contributed by atoms with Crippen molar-refractivity contribution in [2.45, 2.75) is 24.8 Å². The summed E-state index contributed by atoms with van der Waals surface area (Å²) in [5.74, 6) is 0. The maximum atomic E-state index is 11.5. The van der Waals surface area contributed by atoms with Crippen LogP contribution in [0.15, 0.2) is 40.6 Å². The minimum Gasteiger partial charge on any atom is -0.307 e. The van der Waals surface area contributed by atoms with Gasteiger partial charge in [-0.05, 0) is 48.2 Å². The van der Waals surface area contributed by atoms with Gasteiger partial charge >= 0.3 is 0 Å². The van der Waals surface area contributed by atoms with Gasteiger partial charge in [0.05, 0.1) is 10.9 Å². The molecule has 0 aliphatic rings. The van der Waals surface area contributed by atoms with Crippen LogP contribution in [0.1, 0.15) is 29.0 Å². The largest absolute Gasteiger partial charge is 0.307 e. The summed E-state index contributed by atoms with van der Waals surface area (Å²) in [7, 11) is -3.14. The lowest BCUT2D eigenvalue weighted by molar-refractivity contribution is 0.601. The van der Waals surface area contributed by atoms with E-state index in [0.717, 1.165) is 12.1 Å². The zero-order valence-corrected chi connectivity index (χ0v) is 13.5. The van der Waals surface area contributed by atoms with Gasteiger partial charge in [0.25, 0.3) is 0 Å². The molecule has 1 unspecified atom stereocenters. The summed E-state index contributed by atoms with van der Waals surface area (Å²) < 4.78 is 23.0. The number of aryl methyl sites for hydroxylation is 1. The van der Waals surface area contributed by atoms with Crippen molar-refractivity contribution >= 4 is 21.2 Å². The first kappa shape index (κ1) is 15.2. The second-order valence-corrected chi connectivity index (χ2v) is 7.95. The van der Waals surface area contributed by atoms with Gasteiger partial charge in [-0.25, -0.2) is 8.42 Å². The molecule has 5 heteroatoms. The number of hydrogen-bond donors (Lipinski definition) is 1. The highest BCUT2D eigenvalue weighted by molar-refractivity contribution is 7.90. The van der Waals surface area contributed by atoms with Gasteiger partial charge in [0, 0.05) is 11.1 Å². The highest BCUT2D eigenvalue weighted by atomic mass is 32.2. The van der Waals surface area contributed by atoms with E-state index in [1.807, 2.05) is 12.1 Å². The van der Waals surface area contributed by atoms with Crippen LogP contribution in [-0.4, -0.2) is 21.2 Å². The zero-order valence-electron chi connectivity index (χ0n) is 11.9. The second kappa shape index (κ2) is 6.08. The molecule has 0 bridgehead atoms. The molecular formula is C15H19NO2S2. The lowest BCUT2D eigenvalue weighted by Crippen LogP contribution is -2.21. The molecule has 108 valence electrons. The standard InChI is InChI=1S/C15H19NO2S2/c1-4-16-15(13-9-11(2)19-10-13)12-5-7-14(8-6-12)20(3,17)18/h5-10,15-16H,4H2,1-3H3. The Bertz CT molecular complexity index is 672. The van der Waals surface area contributed by atoms with Crippen LogP contribution < -0.4 is 5.32 Å². The summed E-state index contributed by atoms with van der Waals surface area (Å²) >= 11 is 1.72. The van der Waals surface area contributed by atoms with Crippen molar-refractivity contribution < 1.29 is 8.42 Å². The Hall–Kier alpha value is -1.17. The maximum absolute atomic E-state index is 11.5. The molecule has 0 amide bonds. The van der Waals surface area contributed by atoms with E-state index in [1.165, 1.54) is 16.7 Å². The van der Waals surface area contributed by atoms with Gasteiger partial charge in [-0.2, -0.15) is 0 Å². The van der Waals surface area contributed by atoms with Gasteiger partial charge < -0.3 is 5.32 Å². The van der Waals surface area contributed by atoms with E-state index in [0.29, 0.717) is 4.90 Å². The van der Waals surface area contributed by atoms with E-state index >= 15 is 0 Å². The molecular weight excluding hydrogens is 290 g/mol. The summed E-state index contributed by atoms with van der Waals surface area (Å²) in [5.41, 5.74) is 2.30. The smallest absolute Gasteiger partial charge is 0.175 e. The van der Waals surface area contributed by atoms with Crippen LogP contribution in [0.5, 0.6) is 0 Å². The van der Waals surface area contributed by atoms with Crippen molar-refractivity contribution in [2.75, 3.05) is 12.8 Å². The molecule has 2 aromatic rings. The highest BCUT2D eigenvalue weighted by Crippen LogP contribution is 2.27. The van der Waals surface area contributed by atoms with E-state index in [1.54, 1.807) is 23.5 Å². The third-order valence-electron chi connectivity index (χ3n) is 3.13. The Morgan fingerprint density at radius 3 is 2.30 bits per heavy atom. The number of nitrogens with one attached hydrogen (secondary N) is 1. The fourth-order valence-electron chi connectivity index (χ4n) is 2.15. The first-order valence-electron chi connectivity index (χ1n) is 6.50. The Labute approximate surface area is 124 Å². The van der Waals surface area contributed by atoms with E-state index in [-0.39, 0.29) is 6.04 Å². The molecule has 20 heavy (non-hydrogen) atoms. The molecule has 3 nitrogen and oxygen atoms in total. The van der Waals surface area contributed by atoms with E-state index in [2.05, 4.69) is 30.6 Å². The lowest BCUT2D eigenvalue weighted by Gasteiger charge is -2.17. The Morgan fingerprint density at radius 1 is 1.20 bits per heavy atom. The van der Waals surface area contributed by atoms with Gasteiger partial charge in [-0.3, -0.25) is 0 Å². The zero-order chi connectivity index (χ0) is 14.8. The van der Waals surface area contributed by atoms with Crippen LogP contribution in [0.3, 0.4) is 0 Å². The minimum absolute atomic E-state index is 0.110. The van der Waals surface area contributed by atoms with Crippen LogP contribution in [0.4, 0.5) is 0 Å². The summed E-state index contributed by atoms with van der Waals surface area (Å²) in [6, 6.07) is 9.40. The number of hydrogen-bond acceptors (Lipinski definition) is 4. The fourth-order valence-corrected chi connectivity index (χ4v) is 3.52. The molecule has 0 saturated heterocycles. The monoisotopic (exact) mass is 309 g/mol. The number of benzene rings is 1. The van der Waals surface area contributed by atoms with Gasteiger partial charge in [0.15, 0.2) is 9.84 Å². The van der Waals surface area contributed by atoms with Crippen molar-refractivity contribution in [2.24, 2.45) is 0 Å². The van der Waals surface area contributed by atoms with Crippen molar-refractivity contribution in [3.8, 4) is 0 Å². The van der Waals surface area contributed by atoms with Gasteiger partial charge in [0.1, 0.15) is 0 Å². The van der Waals surface area contributed by atoms with Crippen molar-refractivity contribution in [1.29, 1.82) is 0 Å². The number of rotatable bonds is 5. The molecule has 1 heterocycles. The first-order valence-corrected chi connectivity index (χ1v) is 9.27. The van der Waals surface area contributed by atoms with Crippen LogP contribution in [0.2, 0.25) is 0 Å². The summed E-state index contributed by atoms with van der Waals surface area (Å²) in [6.07, 6.45) is 1.23. The van der Waals surface area contributed by atoms with Gasteiger partial charge in [-0.15, -0.1) is 11.3 Å².